The predicted octanol–water partition coefficient (Wildman–Crippen LogP) is 5.13. The van der Waals surface area contributed by atoms with Crippen LogP contribution < -0.4 is 14.8 Å². The van der Waals surface area contributed by atoms with Gasteiger partial charge in [-0.05, 0) is 36.8 Å². The quantitative estimate of drug-likeness (QED) is 0.478. The number of aromatic nitrogens is 2. The number of ether oxygens (including phenoxy) is 2. The number of carbonyl (C=O) groups excluding carboxylic acids is 1. The number of fused-ring (bicyclic) bond motifs is 2. The summed E-state index contributed by atoms with van der Waals surface area (Å²) in [6, 6.07) is 15.0. The third kappa shape index (κ3) is 3.51. The van der Waals surface area contributed by atoms with Gasteiger partial charge in [0.1, 0.15) is 18.0 Å². The van der Waals surface area contributed by atoms with E-state index in [9.17, 15) is 4.79 Å². The lowest BCUT2D eigenvalue weighted by Gasteiger charge is -2.18. The maximum atomic E-state index is 12.9. The average molecular weight is 440 g/mol. The Morgan fingerprint density at radius 2 is 1.97 bits per heavy atom. The van der Waals surface area contributed by atoms with Crippen LogP contribution in [0.3, 0.4) is 0 Å². The number of hydrogen-bond donors (Lipinski definition) is 1. The van der Waals surface area contributed by atoms with Crippen LogP contribution >= 0.6 is 22.9 Å². The lowest BCUT2D eigenvalue weighted by Crippen LogP contribution is -2.16. The number of rotatable bonds is 4. The molecule has 0 bridgehead atoms. The average Bonchev–Trinajstić information content (AvgIpc) is 3.31. The van der Waals surface area contributed by atoms with E-state index in [1.807, 2.05) is 48.0 Å². The number of benzene rings is 2. The van der Waals surface area contributed by atoms with Crippen molar-refractivity contribution in [3.63, 3.8) is 0 Å². The Bertz CT molecular complexity index is 1260. The lowest BCUT2D eigenvalue weighted by molar-refractivity contribution is 0.103. The first kappa shape index (κ1) is 19.0. The number of anilines is 1. The fourth-order valence-corrected chi connectivity index (χ4v) is 4.69. The highest BCUT2D eigenvalue weighted by molar-refractivity contribution is 7.20. The second-order valence-electron chi connectivity index (χ2n) is 6.98. The van der Waals surface area contributed by atoms with Crippen molar-refractivity contribution in [2.24, 2.45) is 0 Å². The molecular formula is C22H18ClN3O3S. The van der Waals surface area contributed by atoms with Gasteiger partial charge in [0.25, 0.3) is 5.91 Å². The van der Waals surface area contributed by atoms with Crippen LogP contribution in [0.2, 0.25) is 5.02 Å². The van der Waals surface area contributed by atoms with Crippen molar-refractivity contribution in [3.8, 4) is 11.5 Å². The first-order valence-corrected chi connectivity index (χ1v) is 10.7. The summed E-state index contributed by atoms with van der Waals surface area (Å²) in [6.45, 7) is 3.53. The largest absolute Gasteiger partial charge is 0.486 e. The van der Waals surface area contributed by atoms with Gasteiger partial charge in [-0.2, -0.15) is 5.10 Å². The zero-order valence-corrected chi connectivity index (χ0v) is 17.7. The zero-order chi connectivity index (χ0) is 20.7. The smallest absolute Gasteiger partial charge is 0.265 e. The van der Waals surface area contributed by atoms with Crippen molar-refractivity contribution in [2.45, 2.75) is 13.5 Å². The minimum Gasteiger partial charge on any atom is -0.486 e. The van der Waals surface area contributed by atoms with Crippen molar-refractivity contribution < 1.29 is 14.3 Å². The maximum Gasteiger partial charge on any atom is 0.265 e. The van der Waals surface area contributed by atoms with Gasteiger partial charge in [0, 0.05) is 22.2 Å². The molecule has 1 amide bonds. The van der Waals surface area contributed by atoms with Gasteiger partial charge in [0.2, 0.25) is 0 Å². The SMILES string of the molecule is Cc1nn(Cc2ccccc2Cl)c2sc(C(=O)Nc3ccc4c(c3)OCCO4)cc12. The molecule has 0 spiro atoms. The number of nitrogens with zero attached hydrogens (tertiary/aromatic N) is 2. The second-order valence-corrected chi connectivity index (χ2v) is 8.41. The monoisotopic (exact) mass is 439 g/mol. The molecule has 1 N–H and O–H groups in total. The van der Waals surface area contributed by atoms with Crippen LogP contribution in [-0.4, -0.2) is 28.9 Å². The highest BCUT2D eigenvalue weighted by Gasteiger charge is 2.18. The highest BCUT2D eigenvalue weighted by atomic mass is 35.5. The summed E-state index contributed by atoms with van der Waals surface area (Å²) >= 11 is 7.72. The molecular weight excluding hydrogens is 422 g/mol. The van der Waals surface area contributed by atoms with E-state index < -0.39 is 0 Å². The van der Waals surface area contributed by atoms with Crippen LogP contribution in [-0.2, 0) is 6.54 Å². The molecule has 152 valence electrons. The molecule has 0 saturated carbocycles. The van der Waals surface area contributed by atoms with Crippen LogP contribution in [0.5, 0.6) is 11.5 Å². The lowest BCUT2D eigenvalue weighted by atomic mass is 10.2. The Morgan fingerprint density at radius 1 is 1.17 bits per heavy atom. The fourth-order valence-electron chi connectivity index (χ4n) is 3.43. The molecule has 30 heavy (non-hydrogen) atoms. The van der Waals surface area contributed by atoms with Crippen LogP contribution in [0.15, 0.2) is 48.5 Å². The molecule has 0 aliphatic carbocycles. The Labute approximate surface area is 182 Å². The van der Waals surface area contributed by atoms with Crippen molar-refractivity contribution in [1.29, 1.82) is 0 Å². The predicted molar refractivity (Wildman–Crippen MR) is 118 cm³/mol. The van der Waals surface area contributed by atoms with Gasteiger partial charge in [-0.15, -0.1) is 11.3 Å². The third-order valence-electron chi connectivity index (χ3n) is 4.91. The number of halogens is 1. The first-order chi connectivity index (χ1) is 14.6. The molecule has 0 atom stereocenters. The Balaban J connectivity index is 1.41. The fraction of sp³-hybridized carbons (Fsp3) is 0.182. The van der Waals surface area contributed by atoms with E-state index in [2.05, 4.69) is 10.4 Å². The topological polar surface area (TPSA) is 65.4 Å². The van der Waals surface area contributed by atoms with E-state index >= 15 is 0 Å². The molecule has 4 aromatic rings. The molecule has 5 rings (SSSR count). The van der Waals surface area contributed by atoms with Crippen LogP contribution in [0.4, 0.5) is 5.69 Å². The van der Waals surface area contributed by atoms with Gasteiger partial charge in [0.05, 0.1) is 17.1 Å². The number of nitrogens with one attached hydrogen (secondary N) is 1. The number of amides is 1. The molecule has 2 aromatic heterocycles. The Morgan fingerprint density at radius 3 is 2.80 bits per heavy atom. The zero-order valence-electron chi connectivity index (χ0n) is 16.1. The van der Waals surface area contributed by atoms with Crippen LogP contribution in [0.1, 0.15) is 20.9 Å². The first-order valence-electron chi connectivity index (χ1n) is 9.50. The molecule has 2 aromatic carbocycles. The van der Waals surface area contributed by atoms with Crippen LogP contribution in [0.25, 0.3) is 10.2 Å². The molecule has 1 aliphatic heterocycles. The summed E-state index contributed by atoms with van der Waals surface area (Å²) in [5, 5.41) is 9.24. The summed E-state index contributed by atoms with van der Waals surface area (Å²) in [5.74, 6) is 1.16. The van der Waals surface area contributed by atoms with Crippen LogP contribution in [0, 0.1) is 6.92 Å². The maximum absolute atomic E-state index is 12.9. The Hall–Kier alpha value is -3.03. The second kappa shape index (κ2) is 7.66. The van der Waals surface area contributed by atoms with E-state index in [0.29, 0.717) is 46.8 Å². The molecule has 0 radical (unpaired) electrons. The number of carbonyl (C=O) groups is 1. The standard InChI is InChI=1S/C22H18ClN3O3S/c1-13-16-11-20(21(27)24-15-6-7-18-19(10-15)29-9-8-28-18)30-22(16)26(25-13)12-14-4-2-3-5-17(14)23/h2-7,10-11H,8-9,12H2,1H3,(H,24,27). The minimum absolute atomic E-state index is 0.170. The van der Waals surface area contributed by atoms with Gasteiger partial charge < -0.3 is 14.8 Å². The van der Waals surface area contributed by atoms with Crippen molar-refractivity contribution in [3.05, 3.63) is 69.7 Å². The molecule has 8 heteroatoms. The molecule has 0 saturated heterocycles. The van der Waals surface area contributed by atoms with Crippen molar-refractivity contribution >= 4 is 44.7 Å². The summed E-state index contributed by atoms with van der Waals surface area (Å²) in [6.07, 6.45) is 0. The normalized spacial score (nSPS) is 12.9. The minimum atomic E-state index is -0.170. The van der Waals surface area contributed by atoms with Gasteiger partial charge in [0.15, 0.2) is 11.5 Å². The van der Waals surface area contributed by atoms with E-state index in [4.69, 9.17) is 21.1 Å². The summed E-state index contributed by atoms with van der Waals surface area (Å²) in [5.41, 5.74) is 2.53. The molecule has 6 nitrogen and oxygen atoms in total. The van der Waals surface area contributed by atoms with Gasteiger partial charge >= 0.3 is 0 Å². The number of thiophene rings is 1. The highest BCUT2D eigenvalue weighted by Crippen LogP contribution is 2.34. The number of aryl methyl sites for hydroxylation is 1. The molecule has 0 fully saturated rings. The number of hydrogen-bond acceptors (Lipinski definition) is 5. The van der Waals surface area contributed by atoms with Gasteiger partial charge in [-0.3, -0.25) is 9.48 Å². The molecule has 1 aliphatic rings. The third-order valence-corrected chi connectivity index (χ3v) is 6.43. The van der Waals surface area contributed by atoms with Crippen molar-refractivity contribution in [2.75, 3.05) is 18.5 Å². The van der Waals surface area contributed by atoms with E-state index in [1.165, 1.54) is 11.3 Å². The summed E-state index contributed by atoms with van der Waals surface area (Å²) < 4.78 is 13.0. The van der Waals surface area contributed by atoms with E-state index in [1.54, 1.807) is 12.1 Å². The van der Waals surface area contributed by atoms with Gasteiger partial charge in [-0.25, -0.2) is 0 Å². The Kier molecular flexibility index (Phi) is 4.84. The van der Waals surface area contributed by atoms with Gasteiger partial charge in [-0.1, -0.05) is 29.8 Å². The summed E-state index contributed by atoms with van der Waals surface area (Å²) in [7, 11) is 0. The van der Waals surface area contributed by atoms with E-state index in [-0.39, 0.29) is 5.91 Å². The molecule has 3 heterocycles. The van der Waals surface area contributed by atoms with E-state index in [0.717, 1.165) is 21.5 Å². The summed E-state index contributed by atoms with van der Waals surface area (Å²) in [4.78, 5) is 14.4. The van der Waals surface area contributed by atoms with Crippen molar-refractivity contribution in [1.82, 2.24) is 9.78 Å². The molecule has 0 unspecified atom stereocenters.